The number of rotatable bonds is 1. The monoisotopic (exact) mass is 194 g/mol. The lowest BCUT2D eigenvalue weighted by molar-refractivity contribution is 0.416. The van der Waals surface area contributed by atoms with E-state index in [0.717, 1.165) is 0 Å². The number of hydrogen-bond donors (Lipinski definition) is 2. The molecule has 0 fully saturated rings. The normalized spacial score (nSPS) is 9.07. The minimum absolute atomic E-state index is 0.187. The van der Waals surface area contributed by atoms with Crippen LogP contribution in [0.4, 0.5) is 10.1 Å². The van der Waals surface area contributed by atoms with Crippen molar-refractivity contribution in [3.63, 3.8) is 0 Å². The van der Waals surface area contributed by atoms with E-state index >= 15 is 0 Å². The molecule has 0 aromatic heterocycles. The molecule has 0 spiro atoms. The van der Waals surface area contributed by atoms with Crippen molar-refractivity contribution < 1.29 is 9.13 Å². The summed E-state index contributed by atoms with van der Waals surface area (Å²) in [4.78, 5) is 0. The Kier molecular flexibility index (Phi) is 3.32. The first-order chi connectivity index (χ1) is 6.69. The molecule has 0 heterocycles. The third kappa shape index (κ3) is 2.15. The lowest BCUT2D eigenvalue weighted by Gasteiger charge is -2.04. The number of nitrogens with two attached hydrogens (primary N) is 2. The number of hydrogen-bond acceptors (Lipinski definition) is 3. The van der Waals surface area contributed by atoms with E-state index in [-0.39, 0.29) is 17.8 Å². The summed E-state index contributed by atoms with van der Waals surface area (Å²) in [5.74, 6) is 5.09. The van der Waals surface area contributed by atoms with Crippen LogP contribution in [0.5, 0.6) is 5.75 Å². The molecule has 0 saturated carbocycles. The van der Waals surface area contributed by atoms with Gasteiger partial charge in [0.2, 0.25) is 0 Å². The Morgan fingerprint density at radius 1 is 1.50 bits per heavy atom. The van der Waals surface area contributed by atoms with Crippen molar-refractivity contribution in [1.29, 1.82) is 0 Å². The molecule has 0 unspecified atom stereocenters. The zero-order valence-corrected chi connectivity index (χ0v) is 7.80. The van der Waals surface area contributed by atoms with Crippen molar-refractivity contribution in [2.45, 2.75) is 0 Å². The van der Waals surface area contributed by atoms with E-state index < -0.39 is 5.82 Å². The average molecular weight is 194 g/mol. The van der Waals surface area contributed by atoms with Gasteiger partial charge in [-0.05, 0) is 0 Å². The molecule has 0 aliphatic carbocycles. The Balaban J connectivity index is 3.17. The third-order valence-corrected chi connectivity index (χ3v) is 1.64. The highest BCUT2D eigenvalue weighted by Crippen LogP contribution is 2.24. The first-order valence-electron chi connectivity index (χ1n) is 4.01. The molecule has 0 saturated heterocycles. The summed E-state index contributed by atoms with van der Waals surface area (Å²) in [6.45, 7) is 0.187. The van der Waals surface area contributed by atoms with Gasteiger partial charge in [-0.2, -0.15) is 0 Å². The van der Waals surface area contributed by atoms with E-state index in [9.17, 15) is 4.39 Å². The first kappa shape index (κ1) is 10.4. The average Bonchev–Trinajstić information content (AvgIpc) is 2.17. The molecule has 14 heavy (non-hydrogen) atoms. The highest BCUT2D eigenvalue weighted by molar-refractivity contribution is 5.57. The Hall–Kier alpha value is -1.73. The minimum Gasteiger partial charge on any atom is -0.495 e. The second kappa shape index (κ2) is 4.49. The van der Waals surface area contributed by atoms with Crippen LogP contribution in [0, 0.1) is 17.7 Å². The molecule has 0 atom stereocenters. The predicted molar refractivity (Wildman–Crippen MR) is 53.3 cm³/mol. The fraction of sp³-hybridized carbons (Fsp3) is 0.200. The molecule has 3 nitrogen and oxygen atoms in total. The zero-order chi connectivity index (χ0) is 10.6. The summed E-state index contributed by atoms with van der Waals surface area (Å²) in [5, 5.41) is 0. The van der Waals surface area contributed by atoms with E-state index in [4.69, 9.17) is 16.2 Å². The maximum absolute atomic E-state index is 13.2. The smallest absolute Gasteiger partial charge is 0.143 e. The number of ether oxygens (including phenoxy) is 1. The molecule has 4 N–H and O–H groups in total. The lowest BCUT2D eigenvalue weighted by Crippen LogP contribution is -1.97. The van der Waals surface area contributed by atoms with E-state index in [1.54, 1.807) is 0 Å². The van der Waals surface area contributed by atoms with Crippen LogP contribution in [0.1, 0.15) is 5.56 Å². The SMILES string of the molecule is COc1cc(C#CCN)c(F)cc1N. The summed E-state index contributed by atoms with van der Waals surface area (Å²) in [6.07, 6.45) is 0. The standard InChI is InChI=1S/C10H11FN2O/c1-14-10-5-7(3-2-4-12)8(11)6-9(10)13/h5-6H,4,12-13H2,1H3. The van der Waals surface area contributed by atoms with Crippen molar-refractivity contribution in [3.05, 3.63) is 23.5 Å². The molecule has 1 aromatic rings. The van der Waals surface area contributed by atoms with Crippen molar-refractivity contribution >= 4 is 5.69 Å². The fourth-order valence-corrected chi connectivity index (χ4v) is 0.988. The van der Waals surface area contributed by atoms with Crippen molar-refractivity contribution in [2.75, 3.05) is 19.4 Å². The maximum Gasteiger partial charge on any atom is 0.143 e. The molecular weight excluding hydrogens is 183 g/mol. The molecule has 0 aliphatic rings. The van der Waals surface area contributed by atoms with Gasteiger partial charge in [0.1, 0.15) is 11.6 Å². The van der Waals surface area contributed by atoms with Gasteiger partial charge in [0.15, 0.2) is 0 Å². The summed E-state index contributed by atoms with van der Waals surface area (Å²) < 4.78 is 18.1. The highest BCUT2D eigenvalue weighted by Gasteiger charge is 2.05. The number of anilines is 1. The van der Waals surface area contributed by atoms with Gasteiger partial charge in [0, 0.05) is 12.1 Å². The van der Waals surface area contributed by atoms with Crippen LogP contribution in [0.25, 0.3) is 0 Å². The number of nitrogen functional groups attached to an aromatic ring is 1. The molecule has 0 radical (unpaired) electrons. The van der Waals surface area contributed by atoms with E-state index in [1.807, 2.05) is 0 Å². The predicted octanol–water partition coefficient (Wildman–Crippen LogP) is 0.727. The van der Waals surface area contributed by atoms with Crippen LogP contribution in [0.15, 0.2) is 12.1 Å². The Morgan fingerprint density at radius 3 is 2.79 bits per heavy atom. The van der Waals surface area contributed by atoms with Gasteiger partial charge in [0.25, 0.3) is 0 Å². The molecule has 74 valence electrons. The first-order valence-corrected chi connectivity index (χ1v) is 4.01. The van der Waals surface area contributed by atoms with Crippen LogP contribution in [-0.4, -0.2) is 13.7 Å². The Labute approximate surface area is 81.8 Å². The summed E-state index contributed by atoms with van der Waals surface area (Å²) in [7, 11) is 1.46. The zero-order valence-electron chi connectivity index (χ0n) is 7.80. The molecule has 1 rings (SSSR count). The number of halogens is 1. The summed E-state index contributed by atoms with van der Waals surface area (Å²) in [5.41, 5.74) is 11.2. The topological polar surface area (TPSA) is 61.3 Å². The van der Waals surface area contributed by atoms with Gasteiger partial charge in [-0.25, -0.2) is 4.39 Å². The van der Waals surface area contributed by atoms with Gasteiger partial charge in [0.05, 0.1) is 24.9 Å². The van der Waals surface area contributed by atoms with Crippen LogP contribution in [0.2, 0.25) is 0 Å². The molecule has 0 amide bonds. The second-order valence-corrected chi connectivity index (χ2v) is 2.58. The second-order valence-electron chi connectivity index (χ2n) is 2.58. The van der Waals surface area contributed by atoms with Gasteiger partial charge >= 0.3 is 0 Å². The number of methoxy groups -OCH3 is 1. The van der Waals surface area contributed by atoms with Gasteiger partial charge in [-0.3, -0.25) is 0 Å². The van der Waals surface area contributed by atoms with E-state index in [2.05, 4.69) is 11.8 Å². The molecule has 0 bridgehead atoms. The highest BCUT2D eigenvalue weighted by atomic mass is 19.1. The summed E-state index contributed by atoms with van der Waals surface area (Å²) >= 11 is 0. The van der Waals surface area contributed by atoms with Crippen LogP contribution in [-0.2, 0) is 0 Å². The third-order valence-electron chi connectivity index (χ3n) is 1.64. The maximum atomic E-state index is 13.2. The van der Waals surface area contributed by atoms with Crippen molar-refractivity contribution in [2.24, 2.45) is 5.73 Å². The van der Waals surface area contributed by atoms with Gasteiger partial charge < -0.3 is 16.2 Å². The largest absolute Gasteiger partial charge is 0.495 e. The van der Waals surface area contributed by atoms with Crippen LogP contribution in [0.3, 0.4) is 0 Å². The quantitative estimate of drug-likeness (QED) is 0.511. The van der Waals surface area contributed by atoms with Crippen molar-refractivity contribution in [1.82, 2.24) is 0 Å². The van der Waals surface area contributed by atoms with Crippen LogP contribution < -0.4 is 16.2 Å². The fourth-order valence-electron chi connectivity index (χ4n) is 0.988. The van der Waals surface area contributed by atoms with Gasteiger partial charge in [-0.1, -0.05) is 11.8 Å². The Morgan fingerprint density at radius 2 is 2.21 bits per heavy atom. The van der Waals surface area contributed by atoms with Crippen LogP contribution >= 0.6 is 0 Å². The lowest BCUT2D eigenvalue weighted by atomic mass is 10.2. The minimum atomic E-state index is -0.468. The molecule has 4 heteroatoms. The molecule has 0 aliphatic heterocycles. The van der Waals surface area contributed by atoms with Crippen molar-refractivity contribution in [3.8, 4) is 17.6 Å². The van der Waals surface area contributed by atoms with E-state index in [1.165, 1.54) is 19.2 Å². The number of benzene rings is 1. The summed E-state index contributed by atoms with van der Waals surface area (Å²) in [6, 6.07) is 2.63. The molecule has 1 aromatic carbocycles. The van der Waals surface area contributed by atoms with Gasteiger partial charge in [-0.15, -0.1) is 0 Å². The molecular formula is C10H11FN2O. The van der Waals surface area contributed by atoms with E-state index in [0.29, 0.717) is 5.75 Å². The Bertz CT molecular complexity index is 393.